The second kappa shape index (κ2) is 19.0. The summed E-state index contributed by atoms with van der Waals surface area (Å²) in [5.74, 6) is -0.741. The Hall–Kier alpha value is -2.09. The van der Waals surface area contributed by atoms with Crippen molar-refractivity contribution in [3.05, 3.63) is 72.9 Å². The number of aliphatic carboxylic acids is 1. The summed E-state index contributed by atoms with van der Waals surface area (Å²) >= 11 is 0. The summed E-state index contributed by atoms with van der Waals surface area (Å²) in [6.45, 7) is 2.15. The maximum atomic E-state index is 10.3. The third-order valence-corrected chi connectivity index (χ3v) is 3.12. The van der Waals surface area contributed by atoms with E-state index in [1.807, 2.05) is 12.2 Å². The van der Waals surface area contributed by atoms with E-state index in [1.165, 1.54) is 0 Å². The average molecular weight is 328 g/mol. The van der Waals surface area contributed by atoms with E-state index in [2.05, 4.69) is 67.7 Å². The number of carboxylic acids is 1. The number of hydrogen-bond acceptors (Lipinski definition) is 1. The summed E-state index contributed by atoms with van der Waals surface area (Å²) in [6.07, 6.45) is 32.5. The molecule has 0 aromatic heterocycles. The van der Waals surface area contributed by atoms with Gasteiger partial charge in [-0.3, -0.25) is 4.79 Å². The maximum Gasteiger partial charge on any atom is 0.303 e. The van der Waals surface area contributed by atoms with Crippen LogP contribution in [0.25, 0.3) is 0 Å². The minimum absolute atomic E-state index is 0.210. The van der Waals surface area contributed by atoms with Crippen molar-refractivity contribution in [1.82, 2.24) is 0 Å². The Bertz CT molecular complexity index is 462. The summed E-state index contributed by atoms with van der Waals surface area (Å²) in [5.41, 5.74) is 0. The first-order chi connectivity index (χ1) is 11.8. The van der Waals surface area contributed by atoms with E-state index < -0.39 is 5.97 Å². The molecule has 0 atom stereocenters. The molecule has 0 amide bonds. The molecule has 1 N–H and O–H groups in total. The molecular weight excluding hydrogens is 296 g/mol. The van der Waals surface area contributed by atoms with Crippen LogP contribution in [-0.2, 0) is 4.79 Å². The highest BCUT2D eigenvalue weighted by Crippen LogP contribution is 1.97. The third-order valence-electron chi connectivity index (χ3n) is 3.12. The highest BCUT2D eigenvalue weighted by molar-refractivity contribution is 5.66. The van der Waals surface area contributed by atoms with Crippen molar-refractivity contribution in [1.29, 1.82) is 0 Å². The summed E-state index contributed by atoms with van der Waals surface area (Å²) in [5, 5.41) is 8.49. The normalized spacial score (nSPS) is 13.0. The molecule has 0 rings (SSSR count). The highest BCUT2D eigenvalue weighted by atomic mass is 16.4. The van der Waals surface area contributed by atoms with Gasteiger partial charge >= 0.3 is 5.97 Å². The van der Waals surface area contributed by atoms with Gasteiger partial charge < -0.3 is 5.11 Å². The first-order valence-electron chi connectivity index (χ1n) is 8.89. The van der Waals surface area contributed by atoms with Crippen LogP contribution < -0.4 is 0 Å². The molecule has 0 heterocycles. The molecule has 0 saturated heterocycles. The van der Waals surface area contributed by atoms with Crippen LogP contribution in [0.1, 0.15) is 58.3 Å². The van der Waals surface area contributed by atoms with Crippen LogP contribution in [0.4, 0.5) is 0 Å². The van der Waals surface area contributed by atoms with E-state index in [-0.39, 0.29) is 6.42 Å². The molecule has 0 bridgehead atoms. The van der Waals surface area contributed by atoms with Gasteiger partial charge in [0.15, 0.2) is 0 Å². The largest absolute Gasteiger partial charge is 0.481 e. The van der Waals surface area contributed by atoms with E-state index in [1.54, 1.807) is 0 Å². The Labute approximate surface area is 147 Å². The molecule has 0 aromatic carbocycles. The van der Waals surface area contributed by atoms with Gasteiger partial charge in [0, 0.05) is 6.42 Å². The molecule has 0 aliphatic carbocycles. The van der Waals surface area contributed by atoms with Gasteiger partial charge in [0.25, 0.3) is 0 Å². The number of carboxylic acid groups (broad SMARTS) is 1. The van der Waals surface area contributed by atoms with E-state index >= 15 is 0 Å². The number of carbonyl (C=O) groups is 1. The molecule has 24 heavy (non-hydrogen) atoms. The topological polar surface area (TPSA) is 37.3 Å². The number of allylic oxidation sites excluding steroid dienone is 12. The molecule has 0 aliphatic rings. The fourth-order valence-corrected chi connectivity index (χ4v) is 1.85. The first kappa shape index (κ1) is 21.9. The minimum atomic E-state index is -0.741. The summed E-state index contributed by atoms with van der Waals surface area (Å²) < 4.78 is 0. The molecule has 0 aromatic rings. The monoisotopic (exact) mass is 328 g/mol. The lowest BCUT2D eigenvalue weighted by Crippen LogP contribution is -1.91. The van der Waals surface area contributed by atoms with Crippen molar-refractivity contribution in [2.45, 2.75) is 58.3 Å². The van der Waals surface area contributed by atoms with Gasteiger partial charge in [-0.1, -0.05) is 79.8 Å². The zero-order valence-corrected chi connectivity index (χ0v) is 14.9. The van der Waals surface area contributed by atoms with Gasteiger partial charge in [0.05, 0.1) is 0 Å². The zero-order valence-electron chi connectivity index (χ0n) is 14.9. The van der Waals surface area contributed by atoms with E-state index in [9.17, 15) is 4.79 Å². The van der Waals surface area contributed by atoms with Crippen LogP contribution in [0, 0.1) is 0 Å². The molecule has 0 unspecified atom stereocenters. The first-order valence-corrected chi connectivity index (χ1v) is 8.89. The fraction of sp³-hybridized carbons (Fsp3) is 0.409. The van der Waals surface area contributed by atoms with Crippen LogP contribution in [0.15, 0.2) is 72.9 Å². The van der Waals surface area contributed by atoms with Crippen molar-refractivity contribution in [3.8, 4) is 0 Å². The average Bonchev–Trinajstić information content (AvgIpc) is 2.56. The quantitative estimate of drug-likeness (QED) is 0.367. The third kappa shape index (κ3) is 19.9. The predicted octanol–water partition coefficient (Wildman–Crippen LogP) is 6.55. The summed E-state index contributed by atoms with van der Waals surface area (Å²) in [7, 11) is 0. The van der Waals surface area contributed by atoms with Crippen molar-refractivity contribution in [2.75, 3.05) is 0 Å². The molecule has 0 radical (unpaired) electrons. The second-order valence-electron chi connectivity index (χ2n) is 5.35. The van der Waals surface area contributed by atoms with Crippen LogP contribution in [0.2, 0.25) is 0 Å². The van der Waals surface area contributed by atoms with Gasteiger partial charge in [-0.25, -0.2) is 0 Å². The standard InChI is InChI=1S/C22H32O2/c1-2-3-4-5-6-7-8-9-10-11-12-13-14-15-16-17-18-19-20-21-22(23)24/h3-4,6-7,9-10,12-13,15-16,18-19H,2,5,8,11,14,17,20-21H2,1H3,(H,23,24)/b4-3-,7-6-,10-9+,13-12+,16-15+,19-18-. The maximum absolute atomic E-state index is 10.3. The Morgan fingerprint density at radius 3 is 1.29 bits per heavy atom. The number of rotatable bonds is 14. The molecule has 0 spiro atoms. The van der Waals surface area contributed by atoms with E-state index in [0.717, 1.165) is 38.5 Å². The predicted molar refractivity (Wildman–Crippen MR) is 105 cm³/mol. The SMILES string of the molecule is CC/C=C\C/C=C\C/C=C/C/C=C/C/C=C/C/C=C\CCC(=O)O. The molecular formula is C22H32O2. The van der Waals surface area contributed by atoms with Crippen molar-refractivity contribution in [2.24, 2.45) is 0 Å². The van der Waals surface area contributed by atoms with Gasteiger partial charge in [-0.2, -0.15) is 0 Å². The summed E-state index contributed by atoms with van der Waals surface area (Å²) in [6, 6.07) is 0. The molecule has 0 aliphatic heterocycles. The van der Waals surface area contributed by atoms with Gasteiger partial charge in [-0.05, 0) is 44.9 Å². The van der Waals surface area contributed by atoms with Crippen LogP contribution >= 0.6 is 0 Å². The lowest BCUT2D eigenvalue weighted by molar-refractivity contribution is -0.136. The van der Waals surface area contributed by atoms with Crippen molar-refractivity contribution in [3.63, 3.8) is 0 Å². The Kier molecular flexibility index (Phi) is 17.3. The highest BCUT2D eigenvalue weighted by Gasteiger charge is 1.90. The minimum Gasteiger partial charge on any atom is -0.481 e. The zero-order chi connectivity index (χ0) is 17.7. The van der Waals surface area contributed by atoms with E-state index in [0.29, 0.717) is 6.42 Å². The Morgan fingerprint density at radius 2 is 0.958 bits per heavy atom. The fourth-order valence-electron chi connectivity index (χ4n) is 1.85. The van der Waals surface area contributed by atoms with Gasteiger partial charge in [0.2, 0.25) is 0 Å². The molecule has 132 valence electrons. The molecule has 0 fully saturated rings. The molecule has 0 saturated carbocycles. The van der Waals surface area contributed by atoms with Crippen LogP contribution in [0.5, 0.6) is 0 Å². The van der Waals surface area contributed by atoms with Gasteiger partial charge in [0.1, 0.15) is 0 Å². The summed E-state index contributed by atoms with van der Waals surface area (Å²) in [4.78, 5) is 10.3. The Balaban J connectivity index is 3.51. The van der Waals surface area contributed by atoms with Crippen molar-refractivity contribution < 1.29 is 9.90 Å². The van der Waals surface area contributed by atoms with E-state index in [4.69, 9.17) is 5.11 Å². The lowest BCUT2D eigenvalue weighted by Gasteiger charge is -1.87. The molecule has 2 nitrogen and oxygen atoms in total. The Morgan fingerprint density at radius 1 is 0.625 bits per heavy atom. The lowest BCUT2D eigenvalue weighted by atomic mass is 10.2. The van der Waals surface area contributed by atoms with Crippen molar-refractivity contribution >= 4 is 5.97 Å². The second-order valence-corrected chi connectivity index (χ2v) is 5.35. The van der Waals surface area contributed by atoms with Gasteiger partial charge in [-0.15, -0.1) is 0 Å². The molecule has 2 heteroatoms. The van der Waals surface area contributed by atoms with Crippen LogP contribution in [0.3, 0.4) is 0 Å². The van der Waals surface area contributed by atoms with Crippen LogP contribution in [-0.4, -0.2) is 11.1 Å². The smallest absolute Gasteiger partial charge is 0.303 e. The number of hydrogen-bond donors (Lipinski definition) is 1.